The fourth-order valence-corrected chi connectivity index (χ4v) is 1.91. The molecule has 0 spiro atoms. The minimum Gasteiger partial charge on any atom is -0.449 e. The van der Waals surface area contributed by atoms with Gasteiger partial charge in [-0.1, -0.05) is 15.9 Å². The first-order valence-corrected chi connectivity index (χ1v) is 5.65. The predicted octanol–water partition coefficient (Wildman–Crippen LogP) is 3.18. The van der Waals surface area contributed by atoms with Crippen LogP contribution in [-0.4, -0.2) is 12.6 Å². The Morgan fingerprint density at radius 2 is 2.35 bits per heavy atom. The van der Waals surface area contributed by atoms with Crippen LogP contribution in [0.3, 0.4) is 0 Å². The highest BCUT2D eigenvalue weighted by atomic mass is 79.9. The number of nitrogens with zero attached hydrogens (tertiary/aromatic N) is 1. The van der Waals surface area contributed by atoms with E-state index in [9.17, 15) is 4.79 Å². The highest BCUT2D eigenvalue weighted by Crippen LogP contribution is 2.28. The van der Waals surface area contributed by atoms with Gasteiger partial charge in [0.15, 0.2) is 6.61 Å². The molecule has 0 N–H and O–H groups in total. The highest BCUT2D eigenvalue weighted by Gasteiger charge is 2.18. The Hall–Kier alpha value is -1.80. The third kappa shape index (κ3) is 2.17. The fourth-order valence-electron chi connectivity index (χ4n) is 1.55. The number of hydrogen-bond donors (Lipinski definition) is 0. The topological polar surface area (TPSA) is 63.2 Å². The number of benzene rings is 1. The molecule has 0 bridgehead atoms. The number of furan rings is 1. The van der Waals surface area contributed by atoms with Crippen molar-refractivity contribution < 1.29 is 13.9 Å². The second-order valence-corrected chi connectivity index (χ2v) is 4.35. The number of halogens is 1. The largest absolute Gasteiger partial charge is 0.449 e. The van der Waals surface area contributed by atoms with Crippen LogP contribution in [0.25, 0.3) is 11.0 Å². The average Bonchev–Trinajstić information content (AvgIpc) is 2.64. The van der Waals surface area contributed by atoms with Crippen LogP contribution in [0.1, 0.15) is 16.1 Å². The van der Waals surface area contributed by atoms with Crippen molar-refractivity contribution in [2.45, 2.75) is 6.92 Å². The fraction of sp³-hybridized carbons (Fsp3) is 0.167. The molecule has 5 heteroatoms. The second kappa shape index (κ2) is 4.60. The summed E-state index contributed by atoms with van der Waals surface area (Å²) >= 11 is 3.35. The monoisotopic (exact) mass is 293 g/mol. The van der Waals surface area contributed by atoms with Gasteiger partial charge in [-0.3, -0.25) is 0 Å². The first kappa shape index (κ1) is 11.7. The lowest BCUT2D eigenvalue weighted by Crippen LogP contribution is -2.05. The van der Waals surface area contributed by atoms with Gasteiger partial charge in [-0.2, -0.15) is 5.26 Å². The van der Waals surface area contributed by atoms with Crippen molar-refractivity contribution in [3.63, 3.8) is 0 Å². The van der Waals surface area contributed by atoms with Gasteiger partial charge in [0.25, 0.3) is 0 Å². The summed E-state index contributed by atoms with van der Waals surface area (Å²) in [5.74, 6) is -0.468. The number of fused-ring (bicyclic) bond motifs is 1. The van der Waals surface area contributed by atoms with Crippen LogP contribution in [0, 0.1) is 18.3 Å². The molecule has 0 atom stereocenters. The van der Waals surface area contributed by atoms with Crippen molar-refractivity contribution in [2.24, 2.45) is 0 Å². The van der Waals surface area contributed by atoms with Gasteiger partial charge in [0, 0.05) is 15.4 Å². The number of esters is 1. The first-order chi connectivity index (χ1) is 8.13. The lowest BCUT2D eigenvalue weighted by molar-refractivity contribution is 0.0520. The molecule has 0 aliphatic heterocycles. The van der Waals surface area contributed by atoms with Crippen LogP contribution in [0.2, 0.25) is 0 Å². The molecule has 1 aromatic heterocycles. The van der Waals surface area contributed by atoms with Crippen molar-refractivity contribution in [1.82, 2.24) is 0 Å². The van der Waals surface area contributed by atoms with Gasteiger partial charge in [0.1, 0.15) is 11.7 Å². The Morgan fingerprint density at radius 3 is 3.06 bits per heavy atom. The molecule has 4 nitrogen and oxygen atoms in total. The molecule has 0 radical (unpaired) electrons. The standard InChI is InChI=1S/C12H8BrNO3/c1-7-9-6-8(13)2-3-10(9)17-11(7)12(15)16-5-4-14/h2-3,6H,5H2,1H3. The summed E-state index contributed by atoms with van der Waals surface area (Å²) in [5.41, 5.74) is 1.33. The number of nitriles is 1. The average molecular weight is 294 g/mol. The van der Waals surface area contributed by atoms with Crippen molar-refractivity contribution in [3.05, 3.63) is 34.0 Å². The summed E-state index contributed by atoms with van der Waals surface area (Å²) in [4.78, 5) is 11.6. The molecule has 0 unspecified atom stereocenters. The van der Waals surface area contributed by atoms with E-state index in [4.69, 9.17) is 14.4 Å². The maximum atomic E-state index is 11.6. The quantitative estimate of drug-likeness (QED) is 0.798. The molecular weight excluding hydrogens is 286 g/mol. The Labute approximate surface area is 106 Å². The molecular formula is C12H8BrNO3. The van der Waals surface area contributed by atoms with E-state index in [-0.39, 0.29) is 12.4 Å². The summed E-state index contributed by atoms with van der Waals surface area (Å²) in [6, 6.07) is 7.21. The molecule has 1 heterocycles. The summed E-state index contributed by atoms with van der Waals surface area (Å²) in [6.07, 6.45) is 0. The van der Waals surface area contributed by atoms with Crippen LogP contribution in [-0.2, 0) is 4.74 Å². The van der Waals surface area contributed by atoms with Crippen molar-refractivity contribution >= 4 is 32.9 Å². The van der Waals surface area contributed by atoms with Crippen LogP contribution < -0.4 is 0 Å². The van der Waals surface area contributed by atoms with E-state index in [0.29, 0.717) is 11.1 Å². The van der Waals surface area contributed by atoms with Gasteiger partial charge < -0.3 is 9.15 Å². The molecule has 86 valence electrons. The normalized spacial score (nSPS) is 10.2. The van der Waals surface area contributed by atoms with Crippen LogP contribution in [0.4, 0.5) is 0 Å². The second-order valence-electron chi connectivity index (χ2n) is 3.43. The lowest BCUT2D eigenvalue weighted by Gasteiger charge is -1.96. The molecule has 0 aliphatic carbocycles. The Balaban J connectivity index is 2.46. The Kier molecular flexibility index (Phi) is 3.16. The zero-order chi connectivity index (χ0) is 12.4. The SMILES string of the molecule is Cc1c(C(=O)OCC#N)oc2ccc(Br)cc12. The third-order valence-electron chi connectivity index (χ3n) is 2.35. The highest BCUT2D eigenvalue weighted by molar-refractivity contribution is 9.10. The predicted molar refractivity (Wildman–Crippen MR) is 64.5 cm³/mol. The maximum Gasteiger partial charge on any atom is 0.375 e. The van der Waals surface area contributed by atoms with Gasteiger partial charge in [0.05, 0.1) is 0 Å². The molecule has 0 amide bonds. The molecule has 0 aliphatic rings. The smallest absolute Gasteiger partial charge is 0.375 e. The summed E-state index contributed by atoms with van der Waals surface area (Å²) in [6.45, 7) is 1.50. The first-order valence-electron chi connectivity index (χ1n) is 4.86. The molecule has 2 rings (SSSR count). The van der Waals surface area contributed by atoms with Crippen molar-refractivity contribution in [1.29, 1.82) is 5.26 Å². The number of aryl methyl sites for hydroxylation is 1. The van der Waals surface area contributed by atoms with Crippen LogP contribution >= 0.6 is 15.9 Å². The van der Waals surface area contributed by atoms with Crippen molar-refractivity contribution in [3.8, 4) is 6.07 Å². The van der Waals surface area contributed by atoms with E-state index in [1.165, 1.54) is 0 Å². The van der Waals surface area contributed by atoms with Crippen LogP contribution in [0.15, 0.2) is 27.1 Å². The number of ether oxygens (including phenoxy) is 1. The van der Waals surface area contributed by atoms with E-state index >= 15 is 0 Å². The van der Waals surface area contributed by atoms with Crippen molar-refractivity contribution in [2.75, 3.05) is 6.61 Å². The van der Waals surface area contributed by atoms with E-state index < -0.39 is 5.97 Å². The molecule has 2 aromatic rings. The third-order valence-corrected chi connectivity index (χ3v) is 2.84. The van der Waals surface area contributed by atoms with Gasteiger partial charge in [-0.05, 0) is 25.1 Å². The zero-order valence-electron chi connectivity index (χ0n) is 8.99. The Bertz CT molecular complexity index is 624. The molecule has 0 saturated heterocycles. The number of rotatable bonds is 2. The van der Waals surface area contributed by atoms with Crippen LogP contribution in [0.5, 0.6) is 0 Å². The Morgan fingerprint density at radius 1 is 1.59 bits per heavy atom. The van der Waals surface area contributed by atoms with Gasteiger partial charge >= 0.3 is 5.97 Å². The maximum absolute atomic E-state index is 11.6. The summed E-state index contributed by atoms with van der Waals surface area (Å²) in [7, 11) is 0. The van der Waals surface area contributed by atoms with E-state index in [2.05, 4.69) is 15.9 Å². The number of carbonyl (C=O) groups is 1. The summed E-state index contributed by atoms with van der Waals surface area (Å²) in [5, 5.41) is 9.19. The molecule has 1 aromatic carbocycles. The van der Waals surface area contributed by atoms with E-state index in [0.717, 1.165) is 9.86 Å². The number of hydrogen-bond acceptors (Lipinski definition) is 4. The minimum atomic E-state index is -0.614. The zero-order valence-corrected chi connectivity index (χ0v) is 10.6. The minimum absolute atomic E-state index is 0.147. The van der Waals surface area contributed by atoms with E-state index in [1.807, 2.05) is 12.1 Å². The van der Waals surface area contributed by atoms with E-state index in [1.54, 1.807) is 19.1 Å². The molecule has 17 heavy (non-hydrogen) atoms. The van der Waals surface area contributed by atoms with Gasteiger partial charge in [-0.25, -0.2) is 4.79 Å². The lowest BCUT2D eigenvalue weighted by atomic mass is 10.1. The summed E-state index contributed by atoms with van der Waals surface area (Å²) < 4.78 is 11.0. The molecule has 0 saturated carbocycles. The molecule has 0 fully saturated rings. The number of carbonyl (C=O) groups excluding carboxylic acids is 1. The van der Waals surface area contributed by atoms with Gasteiger partial charge in [-0.15, -0.1) is 0 Å². The van der Waals surface area contributed by atoms with Gasteiger partial charge in [0.2, 0.25) is 5.76 Å².